The van der Waals surface area contributed by atoms with E-state index in [-0.39, 0.29) is 18.2 Å². The van der Waals surface area contributed by atoms with E-state index < -0.39 is 6.03 Å². The second kappa shape index (κ2) is 7.15. The maximum Gasteiger partial charge on any atom is 0.319 e. The third-order valence-corrected chi connectivity index (χ3v) is 2.33. The standard InChI is InChI=1S/C13H17N3O3/c1-3-14-12(18)8-15-13(19)16-11-6-4-10(5-7-11)9(2)17/h4-7H,3,8H2,1-2H3,(H,14,18)(H2,15,16,19). The fraction of sp³-hybridized carbons (Fsp3) is 0.308. The molecule has 1 aromatic rings. The summed E-state index contributed by atoms with van der Waals surface area (Å²) in [6.07, 6.45) is 0. The Labute approximate surface area is 111 Å². The fourth-order valence-electron chi connectivity index (χ4n) is 1.38. The first-order chi connectivity index (χ1) is 9.02. The number of carbonyl (C=O) groups excluding carboxylic acids is 3. The van der Waals surface area contributed by atoms with Crippen LogP contribution in [0.2, 0.25) is 0 Å². The van der Waals surface area contributed by atoms with Gasteiger partial charge < -0.3 is 16.0 Å². The SMILES string of the molecule is CCNC(=O)CNC(=O)Nc1ccc(C(C)=O)cc1. The minimum absolute atomic E-state index is 0.0350. The first kappa shape index (κ1) is 14.7. The van der Waals surface area contributed by atoms with Crippen molar-refractivity contribution >= 4 is 23.4 Å². The Morgan fingerprint density at radius 3 is 2.21 bits per heavy atom. The highest BCUT2D eigenvalue weighted by Crippen LogP contribution is 2.09. The van der Waals surface area contributed by atoms with E-state index in [4.69, 9.17) is 0 Å². The van der Waals surface area contributed by atoms with E-state index in [1.54, 1.807) is 31.2 Å². The highest BCUT2D eigenvalue weighted by molar-refractivity contribution is 5.95. The van der Waals surface area contributed by atoms with E-state index in [0.29, 0.717) is 17.8 Å². The highest BCUT2D eigenvalue weighted by Gasteiger charge is 2.05. The number of amides is 3. The zero-order valence-electron chi connectivity index (χ0n) is 10.9. The summed E-state index contributed by atoms with van der Waals surface area (Å²) in [4.78, 5) is 33.7. The molecule has 0 aliphatic rings. The van der Waals surface area contributed by atoms with E-state index in [1.807, 2.05) is 0 Å². The van der Waals surface area contributed by atoms with Crippen LogP contribution in [0.1, 0.15) is 24.2 Å². The summed E-state index contributed by atoms with van der Waals surface area (Å²) in [5.41, 5.74) is 1.13. The molecule has 0 aliphatic carbocycles. The lowest BCUT2D eigenvalue weighted by molar-refractivity contribution is -0.119. The molecule has 0 radical (unpaired) electrons. The molecule has 0 atom stereocenters. The van der Waals surface area contributed by atoms with Gasteiger partial charge in [-0.3, -0.25) is 9.59 Å². The number of hydrogen-bond donors (Lipinski definition) is 3. The number of Topliss-reactive ketones (excluding diaryl/α,β-unsaturated/α-hetero) is 1. The van der Waals surface area contributed by atoms with Crippen molar-refractivity contribution in [1.29, 1.82) is 0 Å². The minimum Gasteiger partial charge on any atom is -0.355 e. The molecule has 0 saturated carbocycles. The molecule has 1 rings (SSSR count). The first-order valence-corrected chi connectivity index (χ1v) is 5.95. The van der Waals surface area contributed by atoms with Crippen LogP contribution >= 0.6 is 0 Å². The molecule has 19 heavy (non-hydrogen) atoms. The summed E-state index contributed by atoms with van der Waals surface area (Å²) in [5.74, 6) is -0.281. The maximum absolute atomic E-state index is 11.5. The van der Waals surface area contributed by atoms with E-state index in [9.17, 15) is 14.4 Å². The molecule has 6 nitrogen and oxygen atoms in total. The number of hydrogen-bond acceptors (Lipinski definition) is 3. The Morgan fingerprint density at radius 2 is 1.68 bits per heavy atom. The van der Waals surface area contributed by atoms with Crippen molar-refractivity contribution in [3.8, 4) is 0 Å². The molecule has 0 spiro atoms. The molecule has 0 bridgehead atoms. The maximum atomic E-state index is 11.5. The van der Waals surface area contributed by atoms with Crippen molar-refractivity contribution in [3.05, 3.63) is 29.8 Å². The predicted molar refractivity (Wildman–Crippen MR) is 72.2 cm³/mol. The Kier molecular flexibility index (Phi) is 5.53. The third-order valence-electron chi connectivity index (χ3n) is 2.33. The molecule has 0 unspecified atom stereocenters. The molecule has 6 heteroatoms. The van der Waals surface area contributed by atoms with Crippen LogP contribution in [0.15, 0.2) is 24.3 Å². The van der Waals surface area contributed by atoms with Crippen molar-refractivity contribution in [2.24, 2.45) is 0 Å². The first-order valence-electron chi connectivity index (χ1n) is 5.95. The number of ketones is 1. The molecule has 1 aromatic carbocycles. The summed E-state index contributed by atoms with van der Waals surface area (Å²) >= 11 is 0. The zero-order chi connectivity index (χ0) is 14.3. The smallest absolute Gasteiger partial charge is 0.319 e. The second-order valence-electron chi connectivity index (χ2n) is 3.89. The van der Waals surface area contributed by atoms with Gasteiger partial charge in [-0.1, -0.05) is 0 Å². The summed E-state index contributed by atoms with van der Waals surface area (Å²) in [6.45, 7) is 3.72. The number of anilines is 1. The molecular weight excluding hydrogens is 246 g/mol. The molecule has 0 aromatic heterocycles. The monoisotopic (exact) mass is 263 g/mol. The van der Waals surface area contributed by atoms with E-state index in [0.717, 1.165) is 0 Å². The lowest BCUT2D eigenvalue weighted by Crippen LogP contribution is -2.38. The molecular formula is C13H17N3O3. The van der Waals surface area contributed by atoms with Gasteiger partial charge in [0.1, 0.15) is 0 Å². The Bertz CT molecular complexity index is 469. The van der Waals surface area contributed by atoms with Gasteiger partial charge in [0.2, 0.25) is 5.91 Å². The number of likely N-dealkylation sites (N-methyl/N-ethyl adjacent to an activating group) is 1. The number of rotatable bonds is 5. The molecule has 0 fully saturated rings. The molecule has 3 N–H and O–H groups in total. The molecule has 0 saturated heterocycles. The highest BCUT2D eigenvalue weighted by atomic mass is 16.2. The molecule has 3 amide bonds. The van der Waals surface area contributed by atoms with Crippen molar-refractivity contribution in [3.63, 3.8) is 0 Å². The van der Waals surface area contributed by atoms with Crippen LogP contribution in [-0.4, -0.2) is 30.8 Å². The van der Waals surface area contributed by atoms with Crippen LogP contribution in [0.25, 0.3) is 0 Å². The normalized spacial score (nSPS) is 9.58. The number of carbonyl (C=O) groups is 3. The Morgan fingerprint density at radius 1 is 1.05 bits per heavy atom. The average Bonchev–Trinajstić information content (AvgIpc) is 2.37. The van der Waals surface area contributed by atoms with Crippen molar-refractivity contribution in [2.75, 3.05) is 18.4 Å². The predicted octanol–water partition coefficient (Wildman–Crippen LogP) is 1.15. The van der Waals surface area contributed by atoms with Crippen molar-refractivity contribution < 1.29 is 14.4 Å². The van der Waals surface area contributed by atoms with Crippen molar-refractivity contribution in [2.45, 2.75) is 13.8 Å². The molecule has 0 heterocycles. The van der Waals surface area contributed by atoms with Gasteiger partial charge in [-0.15, -0.1) is 0 Å². The van der Waals surface area contributed by atoms with Crippen LogP contribution in [0.5, 0.6) is 0 Å². The van der Waals surface area contributed by atoms with Gasteiger partial charge >= 0.3 is 6.03 Å². The number of nitrogens with one attached hydrogen (secondary N) is 3. The second-order valence-corrected chi connectivity index (χ2v) is 3.89. The van der Waals surface area contributed by atoms with Crippen LogP contribution in [-0.2, 0) is 4.79 Å². The summed E-state index contributed by atoms with van der Waals surface area (Å²) in [5, 5.41) is 7.55. The van der Waals surface area contributed by atoms with Crippen LogP contribution in [0.4, 0.5) is 10.5 Å². The Balaban J connectivity index is 2.44. The van der Waals surface area contributed by atoms with Gasteiger partial charge in [0.05, 0.1) is 6.54 Å². The van der Waals surface area contributed by atoms with Gasteiger partial charge in [0.25, 0.3) is 0 Å². The third kappa shape index (κ3) is 5.20. The van der Waals surface area contributed by atoms with Crippen LogP contribution < -0.4 is 16.0 Å². The lowest BCUT2D eigenvalue weighted by atomic mass is 10.1. The minimum atomic E-state index is -0.471. The summed E-state index contributed by atoms with van der Waals surface area (Å²) in [6, 6.07) is 6.04. The van der Waals surface area contributed by atoms with Gasteiger partial charge in [0, 0.05) is 17.8 Å². The fourth-order valence-corrected chi connectivity index (χ4v) is 1.38. The van der Waals surface area contributed by atoms with E-state index in [1.165, 1.54) is 6.92 Å². The average molecular weight is 263 g/mol. The summed E-state index contributed by atoms with van der Waals surface area (Å²) in [7, 11) is 0. The van der Waals surface area contributed by atoms with Gasteiger partial charge in [0.15, 0.2) is 5.78 Å². The van der Waals surface area contributed by atoms with Gasteiger partial charge in [-0.2, -0.15) is 0 Å². The van der Waals surface area contributed by atoms with E-state index in [2.05, 4.69) is 16.0 Å². The summed E-state index contributed by atoms with van der Waals surface area (Å²) < 4.78 is 0. The lowest BCUT2D eigenvalue weighted by Gasteiger charge is -2.07. The Hall–Kier alpha value is -2.37. The zero-order valence-corrected chi connectivity index (χ0v) is 10.9. The van der Waals surface area contributed by atoms with Crippen LogP contribution in [0, 0.1) is 0 Å². The largest absolute Gasteiger partial charge is 0.355 e. The topological polar surface area (TPSA) is 87.3 Å². The quantitative estimate of drug-likeness (QED) is 0.696. The van der Waals surface area contributed by atoms with Gasteiger partial charge in [-0.25, -0.2) is 4.79 Å². The number of benzene rings is 1. The number of urea groups is 1. The van der Waals surface area contributed by atoms with Crippen molar-refractivity contribution in [1.82, 2.24) is 10.6 Å². The molecule has 0 aliphatic heterocycles. The van der Waals surface area contributed by atoms with E-state index >= 15 is 0 Å². The molecule has 102 valence electrons. The van der Waals surface area contributed by atoms with Gasteiger partial charge in [-0.05, 0) is 38.1 Å². The van der Waals surface area contributed by atoms with Crippen LogP contribution in [0.3, 0.4) is 0 Å².